The van der Waals surface area contributed by atoms with Gasteiger partial charge in [0.25, 0.3) is 5.91 Å². The number of amides is 1. The Kier molecular flexibility index (Phi) is 3.76. The van der Waals surface area contributed by atoms with Crippen LogP contribution < -0.4 is 0 Å². The van der Waals surface area contributed by atoms with E-state index < -0.39 is 0 Å². The molecule has 0 bridgehead atoms. The van der Waals surface area contributed by atoms with Gasteiger partial charge in [-0.05, 0) is 32.0 Å². The summed E-state index contributed by atoms with van der Waals surface area (Å²) in [5.74, 6) is -0.129. The number of aryl methyl sites for hydroxylation is 2. The van der Waals surface area contributed by atoms with Crippen molar-refractivity contribution >= 4 is 16.9 Å². The fraction of sp³-hybridized carbons (Fsp3) is 0.357. The smallest absolute Gasteiger partial charge is 0.253 e. The SMILES string of the molecule is Cc1nc2ccc(C(=O)N(C)CCO)cc2nc1C. The molecule has 1 amide bonds. The first-order valence-corrected chi connectivity index (χ1v) is 6.14. The normalized spacial score (nSPS) is 10.7. The first-order chi connectivity index (χ1) is 9.02. The van der Waals surface area contributed by atoms with Crippen molar-refractivity contribution in [2.45, 2.75) is 13.8 Å². The zero-order chi connectivity index (χ0) is 14.0. The molecule has 5 heteroatoms. The molecule has 2 aromatic rings. The van der Waals surface area contributed by atoms with Crippen molar-refractivity contribution in [3.05, 3.63) is 35.2 Å². The second-order valence-corrected chi connectivity index (χ2v) is 4.55. The van der Waals surface area contributed by atoms with Gasteiger partial charge in [0, 0.05) is 19.2 Å². The predicted octanol–water partition coefficient (Wildman–Crippen LogP) is 1.31. The molecule has 0 saturated carbocycles. The highest BCUT2D eigenvalue weighted by Gasteiger charge is 2.12. The van der Waals surface area contributed by atoms with Gasteiger partial charge in [-0.2, -0.15) is 0 Å². The molecule has 0 aliphatic heterocycles. The maximum absolute atomic E-state index is 12.1. The number of hydrogen-bond donors (Lipinski definition) is 1. The lowest BCUT2D eigenvalue weighted by Crippen LogP contribution is -2.29. The maximum Gasteiger partial charge on any atom is 0.253 e. The molecule has 5 nitrogen and oxygen atoms in total. The van der Waals surface area contributed by atoms with Crippen LogP contribution in [0, 0.1) is 13.8 Å². The summed E-state index contributed by atoms with van der Waals surface area (Å²) in [5, 5.41) is 8.85. The Hall–Kier alpha value is -2.01. The minimum absolute atomic E-state index is 0.0477. The lowest BCUT2D eigenvalue weighted by atomic mass is 10.1. The van der Waals surface area contributed by atoms with Gasteiger partial charge >= 0.3 is 0 Å². The summed E-state index contributed by atoms with van der Waals surface area (Å²) in [6.07, 6.45) is 0. The minimum atomic E-state index is -0.129. The molecule has 0 spiro atoms. The van der Waals surface area contributed by atoms with Crippen LogP contribution in [0.2, 0.25) is 0 Å². The molecule has 1 N–H and O–H groups in total. The van der Waals surface area contributed by atoms with Gasteiger partial charge in [0.15, 0.2) is 0 Å². The van der Waals surface area contributed by atoms with Gasteiger partial charge in [0.1, 0.15) is 0 Å². The molecule has 0 radical (unpaired) electrons. The van der Waals surface area contributed by atoms with E-state index in [4.69, 9.17) is 5.11 Å². The van der Waals surface area contributed by atoms with Gasteiger partial charge in [-0.25, -0.2) is 9.97 Å². The standard InChI is InChI=1S/C14H17N3O2/c1-9-10(2)16-13-8-11(4-5-12(13)15-9)14(19)17(3)6-7-18/h4-5,8,18H,6-7H2,1-3H3. The highest BCUT2D eigenvalue weighted by Crippen LogP contribution is 2.15. The topological polar surface area (TPSA) is 66.3 Å². The van der Waals surface area contributed by atoms with Crippen LogP contribution in [0.3, 0.4) is 0 Å². The van der Waals surface area contributed by atoms with Gasteiger partial charge in [-0.3, -0.25) is 4.79 Å². The molecule has 0 aliphatic rings. The van der Waals surface area contributed by atoms with Gasteiger partial charge in [-0.15, -0.1) is 0 Å². The van der Waals surface area contributed by atoms with E-state index in [1.54, 1.807) is 25.2 Å². The quantitative estimate of drug-likeness (QED) is 0.902. The third-order valence-electron chi connectivity index (χ3n) is 3.10. The van der Waals surface area contributed by atoms with Crippen LogP contribution in [0.15, 0.2) is 18.2 Å². The molecule has 0 saturated heterocycles. The molecule has 0 unspecified atom stereocenters. The number of carbonyl (C=O) groups excluding carboxylic acids is 1. The Balaban J connectivity index is 2.41. The molecule has 1 aromatic carbocycles. The van der Waals surface area contributed by atoms with E-state index in [1.807, 2.05) is 13.8 Å². The molecule has 0 atom stereocenters. The summed E-state index contributed by atoms with van der Waals surface area (Å²) >= 11 is 0. The molecule has 100 valence electrons. The number of aliphatic hydroxyl groups is 1. The fourth-order valence-corrected chi connectivity index (χ4v) is 1.84. The van der Waals surface area contributed by atoms with Gasteiger partial charge in [0.2, 0.25) is 0 Å². The molecule has 1 aromatic heterocycles. The number of hydrogen-bond acceptors (Lipinski definition) is 4. The second-order valence-electron chi connectivity index (χ2n) is 4.55. The lowest BCUT2D eigenvalue weighted by Gasteiger charge is -2.15. The number of carbonyl (C=O) groups is 1. The Labute approximate surface area is 111 Å². The Morgan fingerprint density at radius 2 is 1.84 bits per heavy atom. The van der Waals surface area contributed by atoms with Crippen molar-refractivity contribution in [1.82, 2.24) is 14.9 Å². The highest BCUT2D eigenvalue weighted by molar-refractivity contribution is 5.97. The van der Waals surface area contributed by atoms with Crippen LogP contribution in [0.4, 0.5) is 0 Å². The Morgan fingerprint density at radius 1 is 1.21 bits per heavy atom. The van der Waals surface area contributed by atoms with E-state index in [0.717, 1.165) is 16.9 Å². The molecule has 0 fully saturated rings. The number of nitrogens with zero attached hydrogens (tertiary/aromatic N) is 3. The summed E-state index contributed by atoms with van der Waals surface area (Å²) in [5.41, 5.74) is 3.81. The summed E-state index contributed by atoms with van der Waals surface area (Å²) in [6, 6.07) is 5.28. The summed E-state index contributed by atoms with van der Waals surface area (Å²) in [6.45, 7) is 4.08. The number of likely N-dealkylation sites (N-methyl/N-ethyl adjacent to an activating group) is 1. The molecule has 0 aliphatic carbocycles. The van der Waals surface area contributed by atoms with Gasteiger partial charge in [0.05, 0.1) is 29.0 Å². The number of aliphatic hydroxyl groups excluding tert-OH is 1. The van der Waals surface area contributed by atoms with E-state index in [0.29, 0.717) is 17.6 Å². The molecular formula is C14H17N3O2. The van der Waals surface area contributed by atoms with Crippen molar-refractivity contribution in [2.24, 2.45) is 0 Å². The van der Waals surface area contributed by atoms with E-state index in [2.05, 4.69) is 9.97 Å². The van der Waals surface area contributed by atoms with E-state index in [1.165, 1.54) is 4.90 Å². The zero-order valence-electron chi connectivity index (χ0n) is 11.3. The molecule has 19 heavy (non-hydrogen) atoms. The van der Waals surface area contributed by atoms with Gasteiger partial charge in [-0.1, -0.05) is 0 Å². The van der Waals surface area contributed by atoms with E-state index in [-0.39, 0.29) is 12.5 Å². The summed E-state index contributed by atoms with van der Waals surface area (Å²) in [7, 11) is 1.66. The average Bonchev–Trinajstić information content (AvgIpc) is 2.39. The summed E-state index contributed by atoms with van der Waals surface area (Å²) in [4.78, 5) is 22.4. The van der Waals surface area contributed by atoms with Crippen LogP contribution in [-0.2, 0) is 0 Å². The number of benzene rings is 1. The van der Waals surface area contributed by atoms with Crippen LogP contribution in [-0.4, -0.2) is 46.1 Å². The number of fused-ring (bicyclic) bond motifs is 1. The Morgan fingerprint density at radius 3 is 2.47 bits per heavy atom. The second kappa shape index (κ2) is 5.32. The van der Waals surface area contributed by atoms with Crippen LogP contribution in [0.1, 0.15) is 21.7 Å². The molecule has 2 rings (SSSR count). The molecular weight excluding hydrogens is 242 g/mol. The third-order valence-corrected chi connectivity index (χ3v) is 3.10. The number of rotatable bonds is 3. The average molecular weight is 259 g/mol. The third kappa shape index (κ3) is 2.71. The minimum Gasteiger partial charge on any atom is -0.395 e. The van der Waals surface area contributed by atoms with Crippen LogP contribution >= 0.6 is 0 Å². The van der Waals surface area contributed by atoms with Crippen molar-refractivity contribution in [1.29, 1.82) is 0 Å². The monoisotopic (exact) mass is 259 g/mol. The van der Waals surface area contributed by atoms with Crippen LogP contribution in [0.5, 0.6) is 0 Å². The first-order valence-electron chi connectivity index (χ1n) is 6.14. The fourth-order valence-electron chi connectivity index (χ4n) is 1.84. The predicted molar refractivity (Wildman–Crippen MR) is 73.1 cm³/mol. The van der Waals surface area contributed by atoms with Crippen molar-refractivity contribution in [2.75, 3.05) is 20.2 Å². The highest BCUT2D eigenvalue weighted by atomic mass is 16.3. The largest absolute Gasteiger partial charge is 0.395 e. The maximum atomic E-state index is 12.1. The zero-order valence-corrected chi connectivity index (χ0v) is 11.3. The number of aromatic nitrogens is 2. The Bertz CT molecular complexity index is 625. The van der Waals surface area contributed by atoms with E-state index in [9.17, 15) is 4.79 Å². The lowest BCUT2D eigenvalue weighted by molar-refractivity contribution is 0.0767. The van der Waals surface area contributed by atoms with Gasteiger partial charge < -0.3 is 10.0 Å². The van der Waals surface area contributed by atoms with Crippen molar-refractivity contribution < 1.29 is 9.90 Å². The summed E-state index contributed by atoms with van der Waals surface area (Å²) < 4.78 is 0. The van der Waals surface area contributed by atoms with E-state index >= 15 is 0 Å². The van der Waals surface area contributed by atoms with Crippen molar-refractivity contribution in [3.63, 3.8) is 0 Å². The van der Waals surface area contributed by atoms with Crippen molar-refractivity contribution in [3.8, 4) is 0 Å². The van der Waals surface area contributed by atoms with Crippen LogP contribution in [0.25, 0.3) is 11.0 Å². The molecule has 1 heterocycles. The first kappa shape index (κ1) is 13.4.